The monoisotopic (exact) mass is 226 g/mol. The fourth-order valence-corrected chi connectivity index (χ4v) is 1.15. The van der Waals surface area contributed by atoms with Crippen molar-refractivity contribution in [3.8, 4) is 17.2 Å². The highest BCUT2D eigenvalue weighted by Crippen LogP contribution is 2.36. The van der Waals surface area contributed by atoms with Gasteiger partial charge in [0.15, 0.2) is 11.5 Å². The van der Waals surface area contributed by atoms with Gasteiger partial charge in [0, 0.05) is 19.2 Å². The molecule has 0 aliphatic heterocycles. The Morgan fingerprint density at radius 2 is 1.94 bits per heavy atom. The van der Waals surface area contributed by atoms with E-state index in [0.29, 0.717) is 5.56 Å². The average Bonchev–Trinajstić information content (AvgIpc) is 2.29. The number of carbonyl (C=O) groups excluding carboxylic acids is 1. The zero-order valence-corrected chi connectivity index (χ0v) is 8.82. The van der Waals surface area contributed by atoms with Crippen LogP contribution in [0.25, 0.3) is 0 Å². The van der Waals surface area contributed by atoms with E-state index in [0.717, 1.165) is 0 Å². The van der Waals surface area contributed by atoms with Gasteiger partial charge in [-0.05, 0) is 6.07 Å². The molecule has 5 N–H and O–H groups in total. The molecule has 0 aromatic heterocycles. The largest absolute Gasteiger partial charge is 0.504 e. The van der Waals surface area contributed by atoms with Gasteiger partial charge in [0.05, 0.1) is 6.54 Å². The number of phenolic OH excluding ortho intramolecular Hbond substituents is 3. The summed E-state index contributed by atoms with van der Waals surface area (Å²) in [4.78, 5) is 10.9. The van der Waals surface area contributed by atoms with Crippen molar-refractivity contribution in [1.82, 2.24) is 10.6 Å². The average molecular weight is 226 g/mol. The van der Waals surface area contributed by atoms with Gasteiger partial charge in [-0.15, -0.1) is 0 Å². The number of carbonyl (C=O) groups is 1. The fraction of sp³-hybridized carbons (Fsp3) is 0.300. The first-order valence-electron chi connectivity index (χ1n) is 4.70. The Kier molecular flexibility index (Phi) is 3.96. The molecule has 0 atom stereocenters. The van der Waals surface area contributed by atoms with Gasteiger partial charge < -0.3 is 26.0 Å². The van der Waals surface area contributed by atoms with Gasteiger partial charge in [-0.2, -0.15) is 0 Å². The number of benzene rings is 1. The van der Waals surface area contributed by atoms with Crippen LogP contribution in [0.4, 0.5) is 0 Å². The minimum atomic E-state index is -0.556. The first kappa shape index (κ1) is 12.1. The lowest BCUT2D eigenvalue weighted by Gasteiger charge is -2.08. The molecule has 0 saturated heterocycles. The zero-order chi connectivity index (χ0) is 12.1. The van der Waals surface area contributed by atoms with Gasteiger partial charge >= 0.3 is 0 Å². The van der Waals surface area contributed by atoms with Crippen LogP contribution < -0.4 is 10.6 Å². The second-order valence-corrected chi connectivity index (χ2v) is 3.22. The lowest BCUT2D eigenvalue weighted by molar-refractivity contribution is -0.119. The van der Waals surface area contributed by atoms with Crippen molar-refractivity contribution < 1.29 is 20.1 Å². The highest BCUT2D eigenvalue weighted by molar-refractivity contribution is 5.77. The third kappa shape index (κ3) is 2.77. The number of rotatable bonds is 4. The Balaban J connectivity index is 2.61. The number of amides is 1. The van der Waals surface area contributed by atoms with Gasteiger partial charge in [0.1, 0.15) is 0 Å². The Labute approximate surface area is 92.5 Å². The Morgan fingerprint density at radius 1 is 1.25 bits per heavy atom. The smallest absolute Gasteiger partial charge is 0.233 e. The molecule has 0 radical (unpaired) electrons. The molecule has 0 aliphatic rings. The molecule has 0 bridgehead atoms. The standard InChI is InChI=1S/C10H14N2O4/c1-11-8(14)5-12-4-6-2-3-7(13)10(16)9(6)15/h2-3,12-13,15-16H,4-5H2,1H3,(H,11,14). The predicted octanol–water partition coefficient (Wildman–Crippen LogP) is -0.361. The summed E-state index contributed by atoms with van der Waals surface area (Å²) in [6.45, 7) is 0.324. The van der Waals surface area contributed by atoms with Gasteiger partial charge in [-0.1, -0.05) is 6.07 Å². The van der Waals surface area contributed by atoms with E-state index in [1.165, 1.54) is 19.2 Å². The topological polar surface area (TPSA) is 102 Å². The molecule has 0 saturated carbocycles. The number of aromatic hydroxyl groups is 3. The third-order valence-electron chi connectivity index (χ3n) is 2.09. The molecule has 0 unspecified atom stereocenters. The van der Waals surface area contributed by atoms with E-state index in [9.17, 15) is 15.0 Å². The molecule has 88 valence electrons. The van der Waals surface area contributed by atoms with Gasteiger partial charge in [0.2, 0.25) is 11.7 Å². The number of hydrogen-bond acceptors (Lipinski definition) is 5. The highest BCUT2D eigenvalue weighted by Gasteiger charge is 2.10. The Morgan fingerprint density at radius 3 is 2.56 bits per heavy atom. The SMILES string of the molecule is CNC(=O)CNCc1ccc(O)c(O)c1O. The predicted molar refractivity (Wildman–Crippen MR) is 57.2 cm³/mol. The van der Waals surface area contributed by atoms with Crippen LogP contribution in [0, 0.1) is 0 Å². The van der Waals surface area contributed by atoms with Crippen LogP contribution in [-0.4, -0.2) is 34.8 Å². The third-order valence-corrected chi connectivity index (χ3v) is 2.09. The maximum atomic E-state index is 10.9. The molecule has 16 heavy (non-hydrogen) atoms. The minimum Gasteiger partial charge on any atom is -0.504 e. The van der Waals surface area contributed by atoms with Crippen LogP contribution in [0.1, 0.15) is 5.56 Å². The van der Waals surface area contributed by atoms with E-state index < -0.39 is 5.75 Å². The molecular weight excluding hydrogens is 212 g/mol. The molecule has 1 aromatic carbocycles. The number of nitrogens with one attached hydrogen (secondary N) is 2. The van der Waals surface area contributed by atoms with Gasteiger partial charge in [0.25, 0.3) is 0 Å². The maximum Gasteiger partial charge on any atom is 0.233 e. The quantitative estimate of drug-likeness (QED) is 0.451. The van der Waals surface area contributed by atoms with Crippen molar-refractivity contribution in [2.75, 3.05) is 13.6 Å². The number of phenols is 3. The zero-order valence-electron chi connectivity index (χ0n) is 8.82. The number of hydrogen-bond donors (Lipinski definition) is 5. The van der Waals surface area contributed by atoms with Crippen LogP contribution in [0.15, 0.2) is 12.1 Å². The molecular formula is C10H14N2O4. The summed E-state index contributed by atoms with van der Waals surface area (Å²) >= 11 is 0. The minimum absolute atomic E-state index is 0.109. The fourth-order valence-electron chi connectivity index (χ4n) is 1.15. The van der Waals surface area contributed by atoms with E-state index in [1.54, 1.807) is 0 Å². The molecule has 1 aromatic rings. The van der Waals surface area contributed by atoms with Crippen molar-refractivity contribution in [2.24, 2.45) is 0 Å². The van der Waals surface area contributed by atoms with Crippen molar-refractivity contribution in [3.63, 3.8) is 0 Å². The summed E-state index contributed by atoms with van der Waals surface area (Å²) in [7, 11) is 1.52. The van der Waals surface area contributed by atoms with Gasteiger partial charge in [-0.3, -0.25) is 4.79 Å². The summed E-state index contributed by atoms with van der Waals surface area (Å²) in [5.74, 6) is -1.50. The summed E-state index contributed by atoms with van der Waals surface area (Å²) in [5, 5.41) is 33.0. The van der Waals surface area contributed by atoms with Crippen molar-refractivity contribution in [1.29, 1.82) is 0 Å². The van der Waals surface area contributed by atoms with E-state index in [4.69, 9.17) is 5.11 Å². The molecule has 0 heterocycles. The highest BCUT2D eigenvalue weighted by atomic mass is 16.3. The Hall–Kier alpha value is -1.95. The molecule has 6 heteroatoms. The second kappa shape index (κ2) is 5.22. The lowest BCUT2D eigenvalue weighted by Crippen LogP contribution is -2.30. The molecule has 0 fully saturated rings. The Bertz CT molecular complexity index is 393. The number of likely N-dealkylation sites (N-methyl/N-ethyl adjacent to an activating group) is 1. The van der Waals surface area contributed by atoms with Crippen LogP contribution in [0.2, 0.25) is 0 Å². The first-order chi connectivity index (χ1) is 7.56. The van der Waals surface area contributed by atoms with Crippen LogP contribution in [-0.2, 0) is 11.3 Å². The molecule has 6 nitrogen and oxygen atoms in total. The van der Waals surface area contributed by atoms with E-state index in [2.05, 4.69) is 10.6 Å². The maximum absolute atomic E-state index is 10.9. The second-order valence-electron chi connectivity index (χ2n) is 3.22. The first-order valence-corrected chi connectivity index (χ1v) is 4.70. The van der Waals surface area contributed by atoms with E-state index >= 15 is 0 Å². The van der Waals surface area contributed by atoms with E-state index in [-0.39, 0.29) is 30.5 Å². The molecule has 1 amide bonds. The van der Waals surface area contributed by atoms with Crippen molar-refractivity contribution >= 4 is 5.91 Å². The van der Waals surface area contributed by atoms with Gasteiger partial charge in [-0.25, -0.2) is 0 Å². The van der Waals surface area contributed by atoms with Crippen molar-refractivity contribution in [2.45, 2.75) is 6.54 Å². The summed E-state index contributed by atoms with van der Waals surface area (Å²) in [6, 6.07) is 2.73. The summed E-state index contributed by atoms with van der Waals surface area (Å²) in [6.07, 6.45) is 0. The lowest BCUT2D eigenvalue weighted by atomic mass is 10.1. The van der Waals surface area contributed by atoms with Crippen LogP contribution >= 0.6 is 0 Å². The molecule has 0 spiro atoms. The van der Waals surface area contributed by atoms with Crippen LogP contribution in [0.5, 0.6) is 17.2 Å². The van der Waals surface area contributed by atoms with Crippen molar-refractivity contribution in [3.05, 3.63) is 17.7 Å². The molecule has 1 rings (SSSR count). The van der Waals surface area contributed by atoms with Crippen LogP contribution in [0.3, 0.4) is 0 Å². The normalized spacial score (nSPS) is 10.1. The summed E-state index contributed by atoms with van der Waals surface area (Å²) < 4.78 is 0. The summed E-state index contributed by atoms with van der Waals surface area (Å²) in [5.41, 5.74) is 0.402. The molecule has 0 aliphatic carbocycles. The van der Waals surface area contributed by atoms with E-state index in [1.807, 2.05) is 0 Å².